The highest BCUT2D eigenvalue weighted by molar-refractivity contribution is 5.71. The van der Waals surface area contributed by atoms with Crippen molar-refractivity contribution < 1.29 is 0 Å². The predicted molar refractivity (Wildman–Crippen MR) is 133 cm³/mol. The van der Waals surface area contributed by atoms with Crippen molar-refractivity contribution in [1.82, 2.24) is 19.6 Å². The van der Waals surface area contributed by atoms with E-state index >= 15 is 0 Å². The molecule has 0 spiro atoms. The van der Waals surface area contributed by atoms with Crippen molar-refractivity contribution >= 4 is 5.65 Å². The third-order valence-electron chi connectivity index (χ3n) is 6.65. The first-order valence-electron chi connectivity index (χ1n) is 11.6. The van der Waals surface area contributed by atoms with E-state index in [9.17, 15) is 5.26 Å². The summed E-state index contributed by atoms with van der Waals surface area (Å²) in [6.45, 7) is 9.34. The van der Waals surface area contributed by atoms with Crippen molar-refractivity contribution in [2.24, 2.45) is 0 Å². The third kappa shape index (κ3) is 4.41. The molecule has 2 aromatic carbocycles. The molecule has 33 heavy (non-hydrogen) atoms. The van der Waals surface area contributed by atoms with Crippen molar-refractivity contribution in [1.29, 1.82) is 5.26 Å². The number of hydrogen-bond acceptors (Lipinski definition) is 4. The van der Waals surface area contributed by atoms with Gasteiger partial charge in [0.2, 0.25) is 0 Å². The number of aryl methyl sites for hydroxylation is 2. The summed E-state index contributed by atoms with van der Waals surface area (Å²) in [5, 5.41) is 12.7. The molecule has 0 atom stereocenters. The number of hydrogen-bond donors (Lipinski definition) is 1. The number of nitriles is 1. The molecule has 0 aliphatic carbocycles. The molecule has 0 saturated carbocycles. The van der Waals surface area contributed by atoms with Crippen molar-refractivity contribution in [3.8, 4) is 28.5 Å². The number of benzene rings is 2. The zero-order valence-corrected chi connectivity index (χ0v) is 19.3. The maximum absolute atomic E-state index is 9.20. The minimum atomic E-state index is 0.666. The molecule has 0 bridgehead atoms. The number of aromatic nitrogens is 2. The zero-order valence-electron chi connectivity index (χ0n) is 19.3. The summed E-state index contributed by atoms with van der Waals surface area (Å²) in [7, 11) is 0. The second kappa shape index (κ2) is 9.19. The fourth-order valence-corrected chi connectivity index (χ4v) is 4.54. The van der Waals surface area contributed by atoms with Crippen LogP contribution in [0.2, 0.25) is 0 Å². The van der Waals surface area contributed by atoms with E-state index in [2.05, 4.69) is 71.1 Å². The van der Waals surface area contributed by atoms with E-state index in [1.54, 1.807) is 0 Å². The summed E-state index contributed by atoms with van der Waals surface area (Å²) in [5.41, 5.74) is 9.87. The molecule has 0 unspecified atom stereocenters. The summed E-state index contributed by atoms with van der Waals surface area (Å²) in [6, 6.07) is 20.9. The van der Waals surface area contributed by atoms with Crippen LogP contribution in [0.15, 0.2) is 60.8 Å². The first-order valence-corrected chi connectivity index (χ1v) is 11.6. The normalized spacial score (nSPS) is 14.8. The van der Waals surface area contributed by atoms with Crippen LogP contribution >= 0.6 is 0 Å². The molecule has 4 aromatic rings. The van der Waals surface area contributed by atoms with Crippen molar-refractivity contribution in [3.63, 3.8) is 0 Å². The van der Waals surface area contributed by atoms with Gasteiger partial charge < -0.3 is 9.72 Å². The number of fused-ring (bicyclic) bond motifs is 1. The predicted octanol–water partition coefficient (Wildman–Crippen LogP) is 4.95. The lowest BCUT2D eigenvalue weighted by molar-refractivity contribution is 0.281. The molecule has 1 fully saturated rings. The highest BCUT2D eigenvalue weighted by Crippen LogP contribution is 2.29. The SMILES string of the molecule is Cc1ccc(-c2ccc3nc(-c4ccc(C#N)cc4)c(CN4CCCNCC4)n3c2)cc1C. The van der Waals surface area contributed by atoms with Crippen LogP contribution in [-0.4, -0.2) is 40.5 Å². The van der Waals surface area contributed by atoms with Gasteiger partial charge in [0.05, 0.1) is 23.0 Å². The largest absolute Gasteiger partial charge is 0.315 e. The van der Waals surface area contributed by atoms with Crippen molar-refractivity contribution in [3.05, 3.63) is 83.2 Å². The molecule has 3 heterocycles. The number of pyridine rings is 1. The Hall–Kier alpha value is -3.46. The number of nitrogens with one attached hydrogen (secondary N) is 1. The topological polar surface area (TPSA) is 56.4 Å². The maximum atomic E-state index is 9.20. The third-order valence-corrected chi connectivity index (χ3v) is 6.65. The van der Waals surface area contributed by atoms with Crippen LogP contribution in [0.5, 0.6) is 0 Å². The van der Waals surface area contributed by atoms with Gasteiger partial charge in [0.1, 0.15) is 5.65 Å². The Labute approximate surface area is 195 Å². The smallest absolute Gasteiger partial charge is 0.137 e. The van der Waals surface area contributed by atoms with Gasteiger partial charge in [-0.3, -0.25) is 4.90 Å². The summed E-state index contributed by atoms with van der Waals surface area (Å²) >= 11 is 0. The van der Waals surface area contributed by atoms with Crippen LogP contribution in [0.1, 0.15) is 28.8 Å². The lowest BCUT2D eigenvalue weighted by Crippen LogP contribution is -2.28. The van der Waals surface area contributed by atoms with E-state index in [0.29, 0.717) is 5.56 Å². The van der Waals surface area contributed by atoms with E-state index < -0.39 is 0 Å². The monoisotopic (exact) mass is 435 g/mol. The molecule has 5 nitrogen and oxygen atoms in total. The maximum Gasteiger partial charge on any atom is 0.137 e. The van der Waals surface area contributed by atoms with Gasteiger partial charge in [-0.25, -0.2) is 4.98 Å². The molecule has 5 heteroatoms. The van der Waals surface area contributed by atoms with E-state index in [1.165, 1.54) is 27.9 Å². The molecule has 1 saturated heterocycles. The van der Waals surface area contributed by atoms with E-state index in [0.717, 1.165) is 56.0 Å². The Bertz CT molecular complexity index is 1320. The van der Waals surface area contributed by atoms with Gasteiger partial charge in [0, 0.05) is 31.4 Å². The Balaban J connectivity index is 1.62. The molecule has 1 aliphatic heterocycles. The van der Waals surface area contributed by atoms with Gasteiger partial charge >= 0.3 is 0 Å². The van der Waals surface area contributed by atoms with Gasteiger partial charge in [-0.1, -0.05) is 30.3 Å². The average Bonchev–Trinajstić information content (AvgIpc) is 3.00. The molecular weight excluding hydrogens is 406 g/mol. The van der Waals surface area contributed by atoms with Crippen molar-refractivity contribution in [2.45, 2.75) is 26.8 Å². The van der Waals surface area contributed by atoms with Gasteiger partial charge in [0.25, 0.3) is 0 Å². The van der Waals surface area contributed by atoms with Gasteiger partial charge in [-0.05, 0) is 79.9 Å². The number of rotatable bonds is 4. The Morgan fingerprint density at radius 1 is 0.909 bits per heavy atom. The molecule has 1 N–H and O–H groups in total. The van der Waals surface area contributed by atoms with Crippen LogP contribution in [0.4, 0.5) is 0 Å². The summed E-state index contributed by atoms with van der Waals surface area (Å²) in [6.07, 6.45) is 3.38. The van der Waals surface area contributed by atoms with Crippen LogP contribution in [0.25, 0.3) is 28.0 Å². The first kappa shape index (κ1) is 21.4. The Morgan fingerprint density at radius 3 is 2.48 bits per heavy atom. The quantitative estimate of drug-likeness (QED) is 0.493. The van der Waals surface area contributed by atoms with Gasteiger partial charge in [-0.15, -0.1) is 0 Å². The van der Waals surface area contributed by atoms with Crippen LogP contribution < -0.4 is 5.32 Å². The first-order chi connectivity index (χ1) is 16.1. The molecule has 0 amide bonds. The van der Waals surface area contributed by atoms with Crippen molar-refractivity contribution in [2.75, 3.05) is 26.2 Å². The average molecular weight is 436 g/mol. The van der Waals surface area contributed by atoms with Gasteiger partial charge in [0.15, 0.2) is 0 Å². The zero-order chi connectivity index (χ0) is 22.8. The van der Waals surface area contributed by atoms with E-state index in [4.69, 9.17) is 4.98 Å². The number of imidazole rings is 1. The standard InChI is InChI=1S/C28H29N5/c1-20-4-7-24(16-21(20)2)25-10-11-27-31-28(23-8-5-22(17-29)6-9-23)26(33(27)18-25)19-32-14-3-12-30-13-15-32/h4-11,16,18,30H,3,12-15,19H2,1-2H3. The fourth-order valence-electron chi connectivity index (χ4n) is 4.54. The molecular formula is C28H29N5. The van der Waals surface area contributed by atoms with Gasteiger partial charge in [-0.2, -0.15) is 5.26 Å². The summed E-state index contributed by atoms with van der Waals surface area (Å²) in [4.78, 5) is 7.54. The van der Waals surface area contributed by atoms with Crippen LogP contribution in [0.3, 0.4) is 0 Å². The number of nitrogens with zero attached hydrogens (tertiary/aromatic N) is 4. The molecule has 166 valence electrons. The molecule has 1 aliphatic rings. The lowest BCUT2D eigenvalue weighted by atomic mass is 10.0. The fraction of sp³-hybridized carbons (Fsp3) is 0.286. The molecule has 0 radical (unpaired) electrons. The van der Waals surface area contributed by atoms with E-state index in [1.807, 2.05) is 24.3 Å². The summed E-state index contributed by atoms with van der Waals surface area (Å²) in [5.74, 6) is 0. The highest BCUT2D eigenvalue weighted by Gasteiger charge is 2.19. The second-order valence-electron chi connectivity index (χ2n) is 8.92. The lowest BCUT2D eigenvalue weighted by Gasteiger charge is -2.20. The van der Waals surface area contributed by atoms with E-state index in [-0.39, 0.29) is 0 Å². The highest BCUT2D eigenvalue weighted by atomic mass is 15.2. The second-order valence-corrected chi connectivity index (χ2v) is 8.92. The van der Waals surface area contributed by atoms with Crippen LogP contribution in [-0.2, 0) is 6.54 Å². The Morgan fingerprint density at radius 2 is 1.70 bits per heavy atom. The van der Waals surface area contributed by atoms with Crippen LogP contribution in [0, 0.1) is 25.2 Å². The minimum absolute atomic E-state index is 0.666. The molecule has 5 rings (SSSR count). The molecule has 2 aromatic heterocycles. The minimum Gasteiger partial charge on any atom is -0.315 e. The Kier molecular flexibility index (Phi) is 5.95. The summed E-state index contributed by atoms with van der Waals surface area (Å²) < 4.78 is 2.26.